The van der Waals surface area contributed by atoms with Crippen molar-refractivity contribution in [3.8, 4) is 0 Å². The fourth-order valence-electron chi connectivity index (χ4n) is 3.40. The Morgan fingerprint density at radius 2 is 1.84 bits per heavy atom. The molecule has 0 aromatic carbocycles. The van der Waals surface area contributed by atoms with Crippen molar-refractivity contribution < 1.29 is 14.7 Å². The maximum absolute atomic E-state index is 12.2. The van der Waals surface area contributed by atoms with Crippen molar-refractivity contribution in [2.75, 3.05) is 6.54 Å². The van der Waals surface area contributed by atoms with Crippen molar-refractivity contribution in [3.05, 3.63) is 12.2 Å². The van der Waals surface area contributed by atoms with Crippen LogP contribution in [0.25, 0.3) is 0 Å². The van der Waals surface area contributed by atoms with Crippen LogP contribution in [0.3, 0.4) is 0 Å². The van der Waals surface area contributed by atoms with Crippen molar-refractivity contribution >= 4 is 11.9 Å². The number of unbranched alkanes of at least 4 members (excludes halogenated alkanes) is 3. The minimum atomic E-state index is -0.831. The minimum absolute atomic E-state index is 0.0540. The summed E-state index contributed by atoms with van der Waals surface area (Å²) in [4.78, 5) is 23.5. The van der Waals surface area contributed by atoms with Gasteiger partial charge in [0.2, 0.25) is 5.91 Å². The van der Waals surface area contributed by atoms with Crippen molar-refractivity contribution in [1.29, 1.82) is 0 Å². The third-order valence-electron chi connectivity index (χ3n) is 4.38. The summed E-state index contributed by atoms with van der Waals surface area (Å²) < 4.78 is 0. The molecular formula is C15H23NO3. The maximum Gasteiger partial charge on any atom is 0.307 e. The van der Waals surface area contributed by atoms with Crippen LogP contribution in [0, 0.1) is 23.7 Å². The molecule has 2 bridgehead atoms. The highest BCUT2D eigenvalue weighted by Gasteiger charge is 2.51. The number of amides is 1. The van der Waals surface area contributed by atoms with Gasteiger partial charge in [-0.15, -0.1) is 0 Å². The average Bonchev–Trinajstić information content (AvgIpc) is 2.98. The molecule has 0 heterocycles. The summed E-state index contributed by atoms with van der Waals surface area (Å²) in [5, 5.41) is 12.2. The van der Waals surface area contributed by atoms with E-state index in [1.165, 1.54) is 12.8 Å². The summed E-state index contributed by atoms with van der Waals surface area (Å²) in [5.41, 5.74) is 0. The quantitative estimate of drug-likeness (QED) is 0.548. The second-order valence-corrected chi connectivity index (χ2v) is 5.69. The summed E-state index contributed by atoms with van der Waals surface area (Å²) in [5.74, 6) is -1.60. The average molecular weight is 265 g/mol. The first-order chi connectivity index (χ1) is 9.15. The Balaban J connectivity index is 1.84. The van der Waals surface area contributed by atoms with Crippen LogP contribution in [0.1, 0.15) is 39.0 Å². The Morgan fingerprint density at radius 1 is 1.16 bits per heavy atom. The standard InChI is InChI=1S/C15H23NO3/c1-2-3-4-5-8-16-14(17)12-10-6-7-11(9-10)13(12)15(18)19/h6-7,10-13H,2-5,8-9H2,1H3,(H,16,17)(H,18,19)/t10-,11+,12-,13+/m1/s1. The van der Waals surface area contributed by atoms with Crippen LogP contribution in [0.15, 0.2) is 12.2 Å². The summed E-state index contributed by atoms with van der Waals surface area (Å²) >= 11 is 0. The van der Waals surface area contributed by atoms with E-state index in [0.717, 1.165) is 19.3 Å². The third-order valence-corrected chi connectivity index (χ3v) is 4.38. The van der Waals surface area contributed by atoms with Crippen molar-refractivity contribution in [2.45, 2.75) is 39.0 Å². The van der Waals surface area contributed by atoms with Crippen LogP contribution in [0.4, 0.5) is 0 Å². The topological polar surface area (TPSA) is 66.4 Å². The van der Waals surface area contributed by atoms with E-state index >= 15 is 0 Å². The molecule has 0 aliphatic heterocycles. The molecule has 0 unspecified atom stereocenters. The van der Waals surface area contributed by atoms with Crippen molar-refractivity contribution in [2.24, 2.45) is 23.7 Å². The van der Waals surface area contributed by atoms with Crippen molar-refractivity contribution in [1.82, 2.24) is 5.32 Å². The molecule has 2 N–H and O–H groups in total. The van der Waals surface area contributed by atoms with Gasteiger partial charge < -0.3 is 10.4 Å². The predicted octanol–water partition coefficient (Wildman–Crippen LogP) is 2.21. The lowest BCUT2D eigenvalue weighted by Crippen LogP contribution is -2.40. The first-order valence-corrected chi connectivity index (χ1v) is 7.34. The summed E-state index contributed by atoms with van der Waals surface area (Å²) in [6, 6.07) is 0. The van der Waals surface area contributed by atoms with Crippen LogP contribution in [-0.4, -0.2) is 23.5 Å². The number of carbonyl (C=O) groups is 2. The largest absolute Gasteiger partial charge is 0.481 e. The zero-order chi connectivity index (χ0) is 13.8. The molecule has 19 heavy (non-hydrogen) atoms. The van der Waals surface area contributed by atoms with Crippen molar-refractivity contribution in [3.63, 3.8) is 0 Å². The van der Waals surface area contributed by atoms with E-state index in [4.69, 9.17) is 0 Å². The Hall–Kier alpha value is -1.32. The summed E-state index contributed by atoms with van der Waals surface area (Å²) in [6.45, 7) is 2.82. The number of hydrogen-bond acceptors (Lipinski definition) is 2. The van der Waals surface area contributed by atoms with Crippen LogP contribution in [0.5, 0.6) is 0 Å². The molecule has 4 atom stereocenters. The van der Waals surface area contributed by atoms with Gasteiger partial charge in [0.05, 0.1) is 11.8 Å². The SMILES string of the molecule is CCCCCCNC(=O)[C@H]1[C@@H](C(=O)O)[C@H]2C=C[C@@H]1C2. The molecule has 1 fully saturated rings. The minimum Gasteiger partial charge on any atom is -0.481 e. The number of carboxylic acids is 1. The van der Waals surface area contributed by atoms with Gasteiger partial charge in [0, 0.05) is 6.54 Å². The highest BCUT2D eigenvalue weighted by atomic mass is 16.4. The number of rotatable bonds is 7. The molecule has 2 rings (SSSR count). The van der Waals surface area contributed by atoms with Crippen LogP contribution >= 0.6 is 0 Å². The molecule has 4 nitrogen and oxygen atoms in total. The highest BCUT2D eigenvalue weighted by molar-refractivity contribution is 5.86. The molecule has 2 aliphatic carbocycles. The molecule has 0 aromatic rings. The fourth-order valence-corrected chi connectivity index (χ4v) is 3.40. The second-order valence-electron chi connectivity index (χ2n) is 5.69. The van der Waals surface area contributed by atoms with E-state index in [2.05, 4.69) is 12.2 Å². The zero-order valence-electron chi connectivity index (χ0n) is 11.5. The fraction of sp³-hybridized carbons (Fsp3) is 0.733. The van der Waals surface area contributed by atoms with Crippen LogP contribution in [0.2, 0.25) is 0 Å². The zero-order valence-corrected chi connectivity index (χ0v) is 11.5. The molecule has 0 radical (unpaired) electrons. The number of allylic oxidation sites excluding steroid dienone is 2. The van der Waals surface area contributed by atoms with Gasteiger partial charge in [-0.05, 0) is 24.7 Å². The molecule has 1 amide bonds. The first kappa shape index (κ1) is 14.1. The van der Waals surface area contributed by atoms with E-state index in [9.17, 15) is 14.7 Å². The Morgan fingerprint density at radius 3 is 2.47 bits per heavy atom. The van der Waals surface area contributed by atoms with Crippen LogP contribution in [-0.2, 0) is 9.59 Å². The molecule has 0 aromatic heterocycles. The van der Waals surface area contributed by atoms with E-state index in [1.807, 2.05) is 12.2 Å². The Labute approximate surface area is 114 Å². The lowest BCUT2D eigenvalue weighted by atomic mass is 9.82. The van der Waals surface area contributed by atoms with E-state index in [0.29, 0.717) is 6.54 Å². The molecule has 106 valence electrons. The lowest BCUT2D eigenvalue weighted by Gasteiger charge is -2.23. The summed E-state index contributed by atoms with van der Waals surface area (Å²) in [6.07, 6.45) is 9.27. The molecule has 4 heteroatoms. The van der Waals surface area contributed by atoms with E-state index < -0.39 is 11.9 Å². The predicted molar refractivity (Wildman–Crippen MR) is 72.5 cm³/mol. The molecular weight excluding hydrogens is 242 g/mol. The van der Waals surface area contributed by atoms with Gasteiger partial charge >= 0.3 is 5.97 Å². The number of hydrogen-bond donors (Lipinski definition) is 2. The van der Waals surface area contributed by atoms with Gasteiger partial charge in [-0.25, -0.2) is 0 Å². The van der Waals surface area contributed by atoms with Gasteiger partial charge in [0.25, 0.3) is 0 Å². The maximum atomic E-state index is 12.2. The molecule has 0 saturated heterocycles. The molecule has 0 spiro atoms. The van der Waals surface area contributed by atoms with Gasteiger partial charge in [-0.3, -0.25) is 9.59 Å². The molecule has 2 aliphatic rings. The Bertz CT molecular complexity index is 378. The number of aliphatic carboxylic acids is 1. The van der Waals surface area contributed by atoms with Gasteiger partial charge in [0.15, 0.2) is 0 Å². The first-order valence-electron chi connectivity index (χ1n) is 7.34. The Kier molecular flexibility index (Phi) is 4.61. The summed E-state index contributed by atoms with van der Waals surface area (Å²) in [7, 11) is 0. The van der Waals surface area contributed by atoms with Gasteiger partial charge in [0.1, 0.15) is 0 Å². The number of carboxylic acid groups (broad SMARTS) is 1. The molecule has 1 saturated carbocycles. The van der Waals surface area contributed by atoms with E-state index in [1.54, 1.807) is 0 Å². The lowest BCUT2D eigenvalue weighted by molar-refractivity contribution is -0.147. The highest BCUT2D eigenvalue weighted by Crippen LogP contribution is 2.48. The van der Waals surface area contributed by atoms with Crippen LogP contribution < -0.4 is 5.32 Å². The normalized spacial score (nSPS) is 31.6. The second kappa shape index (κ2) is 6.22. The smallest absolute Gasteiger partial charge is 0.307 e. The van der Waals surface area contributed by atoms with Gasteiger partial charge in [-0.2, -0.15) is 0 Å². The number of carbonyl (C=O) groups excluding carboxylic acids is 1. The van der Waals surface area contributed by atoms with E-state index in [-0.39, 0.29) is 23.7 Å². The number of fused-ring (bicyclic) bond motifs is 2. The monoisotopic (exact) mass is 265 g/mol. The van der Waals surface area contributed by atoms with Gasteiger partial charge in [-0.1, -0.05) is 38.3 Å². The third kappa shape index (κ3) is 2.99. The number of nitrogens with one attached hydrogen (secondary N) is 1.